The number of hydrogen-bond acceptors (Lipinski definition) is 6. The number of benzene rings is 1. The van der Waals surface area contributed by atoms with E-state index in [9.17, 15) is 4.79 Å². The second-order valence-electron chi connectivity index (χ2n) is 8.16. The first-order valence-electron chi connectivity index (χ1n) is 12.7. The highest BCUT2D eigenvalue weighted by atomic mass is 32.2. The molecule has 7 heteroatoms. The summed E-state index contributed by atoms with van der Waals surface area (Å²) >= 11 is 1.62. The fraction of sp³-hybridized carbons (Fsp3) is 0.367. The number of amidine groups is 1. The standard InChI is InChI=1S/C21H25N3OS.C9H17NO/c1-18-9-8-12-20(14-13-18)23-21(24-22-15-6-3-7-16-25)26-17-19-10-4-2-5-11-19;1-3-4-5-6-9(7-10)8-11-2/h2,4-5,9-16H,3,6-8,17H2,1H3,(H,23,24);4-6H,3,7-8,10H2,1-2H3/b22-15+;5-4-,9-6-. The van der Waals surface area contributed by atoms with Crippen LogP contribution in [0, 0.1) is 0 Å². The Hall–Kier alpha value is -3.00. The summed E-state index contributed by atoms with van der Waals surface area (Å²) in [5.41, 5.74) is 13.0. The SMILES string of the molecule is CC/C=C\C=C(\CN)COC.CC1=CCC=C(N=C(N/N=C/CCCC=O)SCc2ccccc2)C=C1. The van der Waals surface area contributed by atoms with Gasteiger partial charge in [-0.1, -0.05) is 91.0 Å². The van der Waals surface area contributed by atoms with Gasteiger partial charge in [0.1, 0.15) is 6.29 Å². The maximum atomic E-state index is 10.3. The average molecular weight is 523 g/mol. The third-order valence-electron chi connectivity index (χ3n) is 4.94. The van der Waals surface area contributed by atoms with E-state index in [2.05, 4.69) is 60.8 Å². The zero-order chi connectivity index (χ0) is 27.0. The number of ether oxygens (including phenoxy) is 1. The molecule has 200 valence electrons. The zero-order valence-corrected chi connectivity index (χ0v) is 23.3. The average Bonchev–Trinajstić information content (AvgIpc) is 3.13. The Bertz CT molecular complexity index is 977. The van der Waals surface area contributed by atoms with E-state index in [0.29, 0.717) is 19.6 Å². The molecule has 1 aromatic carbocycles. The molecular weight excluding hydrogens is 480 g/mol. The Balaban J connectivity index is 0.000000525. The van der Waals surface area contributed by atoms with Gasteiger partial charge in [0.15, 0.2) is 5.17 Å². The van der Waals surface area contributed by atoms with E-state index in [-0.39, 0.29) is 0 Å². The zero-order valence-electron chi connectivity index (χ0n) is 22.4. The number of nitrogens with two attached hydrogens (primary N) is 1. The summed E-state index contributed by atoms with van der Waals surface area (Å²) in [6.07, 6.45) is 21.3. The Morgan fingerprint density at radius 2 is 2.00 bits per heavy atom. The van der Waals surface area contributed by atoms with Crippen LogP contribution < -0.4 is 11.2 Å². The van der Waals surface area contributed by atoms with Gasteiger partial charge >= 0.3 is 0 Å². The molecule has 0 saturated carbocycles. The molecule has 1 aliphatic carbocycles. The lowest BCUT2D eigenvalue weighted by molar-refractivity contribution is -0.107. The maximum absolute atomic E-state index is 10.3. The highest BCUT2D eigenvalue weighted by Gasteiger charge is 2.03. The molecule has 1 aliphatic rings. The number of nitrogens with zero attached hydrogens (tertiary/aromatic N) is 2. The fourth-order valence-corrected chi connectivity index (χ4v) is 3.68. The lowest BCUT2D eigenvalue weighted by atomic mass is 10.2. The van der Waals surface area contributed by atoms with Crippen LogP contribution in [-0.4, -0.2) is 37.9 Å². The van der Waals surface area contributed by atoms with Crippen LogP contribution in [0.25, 0.3) is 0 Å². The first-order valence-corrected chi connectivity index (χ1v) is 13.7. The second-order valence-corrected chi connectivity index (χ2v) is 9.12. The van der Waals surface area contributed by atoms with Crippen LogP contribution in [0.15, 0.2) is 99.8 Å². The first kappa shape index (κ1) is 32.0. The predicted molar refractivity (Wildman–Crippen MR) is 161 cm³/mol. The van der Waals surface area contributed by atoms with E-state index >= 15 is 0 Å². The molecule has 37 heavy (non-hydrogen) atoms. The molecule has 0 spiro atoms. The van der Waals surface area contributed by atoms with Gasteiger partial charge in [-0.05, 0) is 49.8 Å². The summed E-state index contributed by atoms with van der Waals surface area (Å²) in [4.78, 5) is 15.1. The number of unbranched alkanes of at least 4 members (excludes halogenated alkanes) is 2. The van der Waals surface area contributed by atoms with Gasteiger partial charge in [-0.15, -0.1) is 0 Å². The Morgan fingerprint density at radius 3 is 2.70 bits per heavy atom. The number of methoxy groups -OCH3 is 1. The molecule has 0 atom stereocenters. The van der Waals surface area contributed by atoms with E-state index < -0.39 is 0 Å². The van der Waals surface area contributed by atoms with Gasteiger partial charge in [0.25, 0.3) is 0 Å². The van der Waals surface area contributed by atoms with Crippen LogP contribution in [0.4, 0.5) is 0 Å². The van der Waals surface area contributed by atoms with Crippen molar-refractivity contribution in [1.29, 1.82) is 0 Å². The van der Waals surface area contributed by atoms with Crippen molar-refractivity contribution in [2.45, 2.75) is 51.7 Å². The van der Waals surface area contributed by atoms with Gasteiger partial charge < -0.3 is 15.3 Å². The van der Waals surface area contributed by atoms with Crippen LogP contribution in [0.5, 0.6) is 0 Å². The number of carbonyl (C=O) groups excluding carboxylic acids is 1. The number of thioether (sulfide) groups is 1. The number of carbonyl (C=O) groups is 1. The largest absolute Gasteiger partial charge is 0.380 e. The topological polar surface area (TPSA) is 89.1 Å². The number of nitrogens with one attached hydrogen (secondary N) is 1. The molecule has 0 aromatic heterocycles. The third-order valence-corrected chi connectivity index (χ3v) is 5.87. The molecule has 0 fully saturated rings. The molecule has 0 amide bonds. The van der Waals surface area contributed by atoms with Crippen molar-refractivity contribution in [1.82, 2.24) is 5.43 Å². The summed E-state index contributed by atoms with van der Waals surface area (Å²) in [6, 6.07) is 10.3. The highest BCUT2D eigenvalue weighted by molar-refractivity contribution is 8.13. The van der Waals surface area contributed by atoms with Gasteiger partial charge in [-0.25, -0.2) is 4.99 Å². The molecule has 0 aliphatic heterocycles. The predicted octanol–water partition coefficient (Wildman–Crippen LogP) is 6.49. The Morgan fingerprint density at radius 1 is 1.19 bits per heavy atom. The van der Waals surface area contributed by atoms with Gasteiger partial charge in [0, 0.05) is 32.0 Å². The number of aldehydes is 1. The van der Waals surface area contributed by atoms with Crippen molar-refractivity contribution >= 4 is 29.4 Å². The van der Waals surface area contributed by atoms with Gasteiger partial charge in [0.05, 0.1) is 12.3 Å². The number of aliphatic imine (C=N–C) groups is 1. The lowest BCUT2D eigenvalue weighted by Gasteiger charge is -2.06. The van der Waals surface area contributed by atoms with Crippen molar-refractivity contribution in [3.63, 3.8) is 0 Å². The molecule has 0 radical (unpaired) electrons. The van der Waals surface area contributed by atoms with Crippen molar-refractivity contribution < 1.29 is 9.53 Å². The van der Waals surface area contributed by atoms with Crippen LogP contribution in [0.3, 0.4) is 0 Å². The van der Waals surface area contributed by atoms with E-state index in [4.69, 9.17) is 15.5 Å². The minimum absolute atomic E-state index is 0.569. The second kappa shape index (κ2) is 22.2. The summed E-state index contributed by atoms with van der Waals surface area (Å²) in [6.45, 7) is 5.39. The molecule has 3 N–H and O–H groups in total. The lowest BCUT2D eigenvalue weighted by Crippen LogP contribution is -2.14. The van der Waals surface area contributed by atoms with Crippen molar-refractivity contribution in [3.8, 4) is 0 Å². The third kappa shape index (κ3) is 17.2. The van der Waals surface area contributed by atoms with Crippen molar-refractivity contribution in [2.75, 3.05) is 20.3 Å². The molecule has 0 unspecified atom stereocenters. The number of rotatable bonds is 13. The number of allylic oxidation sites excluding steroid dienone is 8. The molecule has 1 aromatic rings. The quantitative estimate of drug-likeness (QED) is 0.0771. The van der Waals surface area contributed by atoms with Gasteiger partial charge in [-0.2, -0.15) is 5.10 Å². The summed E-state index contributed by atoms with van der Waals surface area (Å²) in [5, 5.41) is 5.01. The van der Waals surface area contributed by atoms with E-state index in [0.717, 1.165) is 54.2 Å². The molecule has 2 rings (SSSR count). The Kier molecular flexibility index (Phi) is 19.2. The van der Waals surface area contributed by atoms with E-state index in [1.807, 2.05) is 36.4 Å². The molecule has 0 bridgehead atoms. The summed E-state index contributed by atoms with van der Waals surface area (Å²) < 4.78 is 4.94. The molecular formula is C30H42N4O2S. The monoisotopic (exact) mass is 522 g/mol. The maximum Gasteiger partial charge on any atom is 0.182 e. The minimum atomic E-state index is 0.569. The van der Waals surface area contributed by atoms with Crippen molar-refractivity contribution in [3.05, 3.63) is 95.3 Å². The van der Waals surface area contributed by atoms with Crippen LogP contribution >= 0.6 is 11.8 Å². The van der Waals surface area contributed by atoms with Crippen molar-refractivity contribution in [2.24, 2.45) is 15.8 Å². The smallest absolute Gasteiger partial charge is 0.182 e. The van der Waals surface area contributed by atoms with Crippen LogP contribution in [0.2, 0.25) is 0 Å². The molecule has 0 heterocycles. The van der Waals surface area contributed by atoms with Crippen LogP contribution in [0.1, 0.15) is 51.5 Å². The summed E-state index contributed by atoms with van der Waals surface area (Å²) in [5.74, 6) is 0.821. The number of hydrazone groups is 1. The Labute approximate surface area is 227 Å². The highest BCUT2D eigenvalue weighted by Crippen LogP contribution is 2.17. The minimum Gasteiger partial charge on any atom is -0.380 e. The van der Waals surface area contributed by atoms with E-state index in [1.165, 1.54) is 11.1 Å². The van der Waals surface area contributed by atoms with E-state index in [1.54, 1.807) is 25.1 Å². The first-order chi connectivity index (χ1) is 18.1. The fourth-order valence-electron chi connectivity index (χ4n) is 2.89. The van der Waals surface area contributed by atoms with Gasteiger partial charge in [-0.3, -0.25) is 5.43 Å². The summed E-state index contributed by atoms with van der Waals surface area (Å²) in [7, 11) is 1.67. The number of hydrogen-bond donors (Lipinski definition) is 2. The molecule has 0 saturated heterocycles. The normalized spacial score (nSPS) is 14.2. The van der Waals surface area contributed by atoms with Crippen LogP contribution in [-0.2, 0) is 15.3 Å². The van der Waals surface area contributed by atoms with Gasteiger partial charge in [0.2, 0.25) is 0 Å². The molecule has 6 nitrogen and oxygen atoms in total.